The van der Waals surface area contributed by atoms with Crippen molar-refractivity contribution < 1.29 is 27.9 Å². The summed E-state index contributed by atoms with van der Waals surface area (Å²) in [5, 5.41) is 11.9. The van der Waals surface area contributed by atoms with Gasteiger partial charge in [0.05, 0.1) is 6.04 Å². The Labute approximate surface area is 245 Å². The molecular weight excluding hydrogens is 542 g/mol. The molecule has 0 bridgehead atoms. The Hall–Kier alpha value is -3.79. The standard InChI is InChI=1S/C32H40F2N4O4/c1-3-21(2)28-30(40)38-32(12-6-7-13-32)31(41)37-26(19-22-17-24(33)20-25(34)18-22)29(39)36-14-8-10-23-9-4-5-11-27(23)42-16-15-35-28/h4-5,8-11,17-18,20-21,26,28,35H,3,6-7,12-16,19H2,1-2H3,(H,36,39)(H,37,41)(H,38,40)/b10-8-. The number of halogens is 2. The molecule has 1 aliphatic carbocycles. The Morgan fingerprint density at radius 2 is 1.74 bits per heavy atom. The highest BCUT2D eigenvalue weighted by Crippen LogP contribution is 2.31. The summed E-state index contributed by atoms with van der Waals surface area (Å²) in [5.74, 6) is -2.19. The van der Waals surface area contributed by atoms with E-state index in [9.17, 15) is 23.2 Å². The van der Waals surface area contributed by atoms with Crippen molar-refractivity contribution in [2.45, 2.75) is 70.0 Å². The molecule has 4 rings (SSSR count). The maximum Gasteiger partial charge on any atom is 0.246 e. The number of rotatable bonds is 4. The maximum absolute atomic E-state index is 14.0. The van der Waals surface area contributed by atoms with Crippen LogP contribution in [0.4, 0.5) is 8.78 Å². The lowest BCUT2D eigenvalue weighted by Crippen LogP contribution is -2.64. The molecule has 8 nitrogen and oxygen atoms in total. The summed E-state index contributed by atoms with van der Waals surface area (Å²) in [5.41, 5.74) is -0.161. The van der Waals surface area contributed by atoms with E-state index in [1.165, 1.54) is 0 Å². The van der Waals surface area contributed by atoms with E-state index in [-0.39, 0.29) is 30.4 Å². The fourth-order valence-electron chi connectivity index (χ4n) is 5.55. The molecule has 1 aliphatic heterocycles. The van der Waals surface area contributed by atoms with Gasteiger partial charge in [-0.2, -0.15) is 0 Å². The highest BCUT2D eigenvalue weighted by Gasteiger charge is 2.45. The number of hydrogen-bond donors (Lipinski definition) is 4. The molecule has 42 heavy (non-hydrogen) atoms. The fourth-order valence-corrected chi connectivity index (χ4v) is 5.55. The molecule has 1 fully saturated rings. The lowest BCUT2D eigenvalue weighted by atomic mass is 9.92. The predicted molar refractivity (Wildman–Crippen MR) is 157 cm³/mol. The van der Waals surface area contributed by atoms with Crippen LogP contribution < -0.4 is 26.0 Å². The number of amides is 3. The van der Waals surface area contributed by atoms with Gasteiger partial charge in [0.25, 0.3) is 0 Å². The van der Waals surface area contributed by atoms with E-state index in [1.807, 2.05) is 44.2 Å². The maximum atomic E-state index is 14.0. The molecule has 4 N–H and O–H groups in total. The van der Waals surface area contributed by atoms with Crippen molar-refractivity contribution in [3.63, 3.8) is 0 Å². The van der Waals surface area contributed by atoms with Gasteiger partial charge in [-0.3, -0.25) is 14.4 Å². The van der Waals surface area contributed by atoms with E-state index in [1.54, 1.807) is 6.08 Å². The molecule has 2 aromatic rings. The topological polar surface area (TPSA) is 109 Å². The molecule has 1 spiro atoms. The van der Waals surface area contributed by atoms with Crippen LogP contribution in [0.2, 0.25) is 0 Å². The van der Waals surface area contributed by atoms with Crippen LogP contribution in [0.15, 0.2) is 48.5 Å². The molecule has 1 saturated carbocycles. The van der Waals surface area contributed by atoms with Crippen molar-refractivity contribution in [1.29, 1.82) is 0 Å². The van der Waals surface area contributed by atoms with Gasteiger partial charge in [0.2, 0.25) is 17.7 Å². The van der Waals surface area contributed by atoms with Crippen molar-refractivity contribution in [3.05, 3.63) is 71.3 Å². The summed E-state index contributed by atoms with van der Waals surface area (Å²) in [6.07, 6.45) is 6.51. The van der Waals surface area contributed by atoms with E-state index in [0.717, 1.165) is 43.0 Å². The number of benzene rings is 2. The Morgan fingerprint density at radius 1 is 1.02 bits per heavy atom. The molecule has 3 atom stereocenters. The molecular formula is C32H40F2N4O4. The third-order valence-electron chi connectivity index (χ3n) is 8.07. The number of carbonyl (C=O) groups is 3. The quantitative estimate of drug-likeness (QED) is 0.440. The largest absolute Gasteiger partial charge is 0.492 e. The average molecular weight is 583 g/mol. The van der Waals surface area contributed by atoms with Crippen molar-refractivity contribution >= 4 is 23.8 Å². The van der Waals surface area contributed by atoms with Gasteiger partial charge < -0.3 is 26.0 Å². The third kappa shape index (κ3) is 7.94. The van der Waals surface area contributed by atoms with Crippen LogP contribution in [0, 0.1) is 17.6 Å². The first-order valence-electron chi connectivity index (χ1n) is 14.7. The normalized spacial score (nSPS) is 23.4. The van der Waals surface area contributed by atoms with Crippen molar-refractivity contribution in [2.75, 3.05) is 19.7 Å². The second-order valence-corrected chi connectivity index (χ2v) is 11.1. The van der Waals surface area contributed by atoms with Crippen molar-refractivity contribution in [3.8, 4) is 5.75 Å². The predicted octanol–water partition coefficient (Wildman–Crippen LogP) is 3.65. The number of carbonyl (C=O) groups excluding carboxylic acids is 3. The molecule has 2 aromatic carbocycles. The number of ether oxygens (including phenoxy) is 1. The second kappa shape index (κ2) is 14.4. The Morgan fingerprint density at radius 3 is 2.45 bits per heavy atom. The summed E-state index contributed by atoms with van der Waals surface area (Å²) in [7, 11) is 0. The number of para-hydroxylation sites is 1. The van der Waals surface area contributed by atoms with E-state index in [4.69, 9.17) is 4.74 Å². The van der Waals surface area contributed by atoms with Gasteiger partial charge in [-0.1, -0.05) is 63.5 Å². The Bertz CT molecular complexity index is 1270. The zero-order valence-electron chi connectivity index (χ0n) is 24.2. The van der Waals surface area contributed by atoms with E-state index in [2.05, 4.69) is 21.3 Å². The van der Waals surface area contributed by atoms with Gasteiger partial charge in [-0.25, -0.2) is 8.78 Å². The smallest absolute Gasteiger partial charge is 0.246 e. The molecule has 1 heterocycles. The lowest BCUT2D eigenvalue weighted by molar-refractivity contribution is -0.137. The van der Waals surface area contributed by atoms with E-state index >= 15 is 0 Å². The average Bonchev–Trinajstić information content (AvgIpc) is 3.43. The van der Waals surface area contributed by atoms with Crippen LogP contribution in [0.3, 0.4) is 0 Å². The van der Waals surface area contributed by atoms with Crippen LogP contribution >= 0.6 is 0 Å². The Kier molecular flexibility index (Phi) is 10.7. The summed E-state index contributed by atoms with van der Waals surface area (Å²) < 4.78 is 33.9. The third-order valence-corrected chi connectivity index (χ3v) is 8.07. The first-order valence-corrected chi connectivity index (χ1v) is 14.7. The molecule has 0 radical (unpaired) electrons. The summed E-state index contributed by atoms with van der Waals surface area (Å²) >= 11 is 0. The van der Waals surface area contributed by atoms with Crippen LogP contribution in [-0.4, -0.2) is 55.0 Å². The highest BCUT2D eigenvalue weighted by atomic mass is 19.1. The summed E-state index contributed by atoms with van der Waals surface area (Å²) in [4.78, 5) is 40.8. The van der Waals surface area contributed by atoms with Crippen LogP contribution in [0.5, 0.6) is 5.75 Å². The molecule has 2 aliphatic rings. The fraction of sp³-hybridized carbons (Fsp3) is 0.469. The number of hydrogen-bond acceptors (Lipinski definition) is 5. The minimum Gasteiger partial charge on any atom is -0.492 e. The molecule has 3 amide bonds. The monoisotopic (exact) mass is 582 g/mol. The minimum absolute atomic E-state index is 0.0197. The molecule has 0 saturated heterocycles. The Balaban J connectivity index is 1.66. The highest BCUT2D eigenvalue weighted by molar-refractivity contribution is 5.96. The van der Waals surface area contributed by atoms with Gasteiger partial charge in [0.15, 0.2) is 0 Å². The first-order chi connectivity index (χ1) is 20.2. The van der Waals surface area contributed by atoms with Crippen LogP contribution in [0.25, 0.3) is 6.08 Å². The molecule has 226 valence electrons. The lowest BCUT2D eigenvalue weighted by Gasteiger charge is -2.34. The van der Waals surface area contributed by atoms with Gasteiger partial charge in [-0.05, 0) is 42.5 Å². The first kappa shape index (κ1) is 31.2. The van der Waals surface area contributed by atoms with Crippen LogP contribution in [-0.2, 0) is 20.8 Å². The zero-order chi connectivity index (χ0) is 30.1. The van der Waals surface area contributed by atoms with Gasteiger partial charge in [0.1, 0.15) is 35.6 Å². The molecule has 3 unspecified atom stereocenters. The van der Waals surface area contributed by atoms with E-state index in [0.29, 0.717) is 31.7 Å². The van der Waals surface area contributed by atoms with Crippen molar-refractivity contribution in [1.82, 2.24) is 21.3 Å². The van der Waals surface area contributed by atoms with Gasteiger partial charge >= 0.3 is 0 Å². The summed E-state index contributed by atoms with van der Waals surface area (Å²) in [6.45, 7) is 4.87. The van der Waals surface area contributed by atoms with Crippen LogP contribution in [0.1, 0.15) is 57.1 Å². The minimum atomic E-state index is -1.20. The number of fused-ring (bicyclic) bond motifs is 1. The van der Waals surface area contributed by atoms with Crippen molar-refractivity contribution in [2.24, 2.45) is 5.92 Å². The van der Waals surface area contributed by atoms with E-state index < -0.39 is 41.1 Å². The summed E-state index contributed by atoms with van der Waals surface area (Å²) in [6, 6.07) is 8.82. The second-order valence-electron chi connectivity index (χ2n) is 11.1. The zero-order valence-corrected chi connectivity index (χ0v) is 24.2. The van der Waals surface area contributed by atoms with Gasteiger partial charge in [0, 0.05) is 31.1 Å². The molecule has 10 heteroatoms. The SMILES string of the molecule is CCC(C)C1NCCOc2ccccc2/C=C\CNC(=O)C(Cc2cc(F)cc(F)c2)NC(=O)C2(CCCC2)NC1=O. The molecule has 0 aromatic heterocycles. The number of nitrogens with one attached hydrogen (secondary N) is 4. The van der Waals surface area contributed by atoms with Gasteiger partial charge in [-0.15, -0.1) is 0 Å².